The third-order valence-corrected chi connectivity index (χ3v) is 7.24. The van der Waals surface area contributed by atoms with Crippen LogP contribution >= 0.6 is 11.6 Å². The Kier molecular flexibility index (Phi) is 5.26. The van der Waals surface area contributed by atoms with Crippen molar-refractivity contribution in [3.8, 4) is 0 Å². The van der Waals surface area contributed by atoms with Gasteiger partial charge in [0, 0.05) is 29.6 Å². The van der Waals surface area contributed by atoms with Gasteiger partial charge < -0.3 is 5.73 Å². The molecule has 2 aliphatic rings. The highest BCUT2D eigenvalue weighted by Gasteiger charge is 2.40. The van der Waals surface area contributed by atoms with Gasteiger partial charge in [-0.25, -0.2) is 8.42 Å². The van der Waals surface area contributed by atoms with Crippen LogP contribution in [0.3, 0.4) is 0 Å². The van der Waals surface area contributed by atoms with Crippen molar-refractivity contribution in [2.24, 2.45) is 11.7 Å². The van der Waals surface area contributed by atoms with Crippen LogP contribution in [-0.2, 0) is 15.4 Å². The summed E-state index contributed by atoms with van der Waals surface area (Å²) >= 11 is 6.16. The third-order valence-electron chi connectivity index (χ3n) is 5.71. The Balaban J connectivity index is 1.75. The van der Waals surface area contributed by atoms with Crippen molar-refractivity contribution in [1.82, 2.24) is 4.31 Å². The first-order valence-corrected chi connectivity index (χ1v) is 11.0. The van der Waals surface area contributed by atoms with E-state index >= 15 is 0 Å². The molecule has 0 spiro atoms. The fourth-order valence-corrected chi connectivity index (χ4v) is 5.41. The second-order valence-corrected chi connectivity index (χ2v) is 9.87. The first kappa shape index (κ1) is 18.2. The minimum atomic E-state index is -3.15. The molecule has 0 heterocycles. The van der Waals surface area contributed by atoms with Crippen molar-refractivity contribution in [1.29, 1.82) is 0 Å². The van der Waals surface area contributed by atoms with Gasteiger partial charge in [0.05, 0.1) is 6.26 Å². The van der Waals surface area contributed by atoms with Gasteiger partial charge in [-0.3, -0.25) is 0 Å². The Morgan fingerprint density at radius 2 is 1.92 bits per heavy atom. The molecule has 2 aliphatic carbocycles. The van der Waals surface area contributed by atoms with Crippen LogP contribution in [0.4, 0.5) is 0 Å². The molecule has 0 atom stereocenters. The molecule has 134 valence electrons. The summed E-state index contributed by atoms with van der Waals surface area (Å²) in [5, 5.41) is 0.731. The van der Waals surface area contributed by atoms with Crippen LogP contribution in [0, 0.1) is 5.92 Å². The Morgan fingerprint density at radius 1 is 1.25 bits per heavy atom. The zero-order chi connectivity index (χ0) is 17.4. The molecule has 24 heavy (non-hydrogen) atoms. The number of sulfonamides is 1. The summed E-state index contributed by atoms with van der Waals surface area (Å²) in [6.45, 7) is 1.26. The van der Waals surface area contributed by atoms with Gasteiger partial charge >= 0.3 is 0 Å². The molecule has 0 aromatic heterocycles. The molecule has 1 aromatic carbocycles. The van der Waals surface area contributed by atoms with E-state index in [1.165, 1.54) is 11.8 Å². The molecule has 0 unspecified atom stereocenters. The van der Waals surface area contributed by atoms with E-state index in [-0.39, 0.29) is 11.5 Å². The predicted octanol–water partition coefficient (Wildman–Crippen LogP) is 3.15. The smallest absolute Gasteiger partial charge is 0.211 e. The Labute approximate surface area is 150 Å². The van der Waals surface area contributed by atoms with Crippen molar-refractivity contribution in [2.75, 3.05) is 19.3 Å². The molecule has 0 amide bonds. The lowest BCUT2D eigenvalue weighted by Gasteiger charge is -2.43. The van der Waals surface area contributed by atoms with Crippen LogP contribution in [0.1, 0.15) is 44.1 Å². The molecule has 2 fully saturated rings. The second-order valence-electron chi connectivity index (χ2n) is 7.50. The van der Waals surface area contributed by atoms with E-state index in [4.69, 9.17) is 17.3 Å². The van der Waals surface area contributed by atoms with Crippen molar-refractivity contribution in [3.63, 3.8) is 0 Å². The summed E-state index contributed by atoms with van der Waals surface area (Å²) in [6, 6.07) is 8.06. The molecule has 4 nitrogen and oxygen atoms in total. The summed E-state index contributed by atoms with van der Waals surface area (Å²) in [5.41, 5.74) is 7.25. The van der Waals surface area contributed by atoms with E-state index in [2.05, 4.69) is 6.07 Å². The van der Waals surface area contributed by atoms with Gasteiger partial charge in [0.2, 0.25) is 10.0 Å². The molecule has 2 N–H and O–H groups in total. The molecule has 0 aliphatic heterocycles. The minimum Gasteiger partial charge on any atom is -0.330 e. The first-order valence-electron chi connectivity index (χ1n) is 8.77. The van der Waals surface area contributed by atoms with E-state index in [1.807, 2.05) is 18.2 Å². The van der Waals surface area contributed by atoms with Crippen molar-refractivity contribution in [2.45, 2.75) is 50.0 Å². The van der Waals surface area contributed by atoms with E-state index in [0.29, 0.717) is 19.0 Å². The van der Waals surface area contributed by atoms with Crippen molar-refractivity contribution in [3.05, 3.63) is 34.9 Å². The molecule has 0 saturated heterocycles. The maximum absolute atomic E-state index is 12.2. The number of nitrogens with two attached hydrogens (primary N) is 1. The lowest BCUT2D eigenvalue weighted by atomic mass is 9.68. The first-order chi connectivity index (χ1) is 11.3. The Hall–Kier alpha value is -0.620. The lowest BCUT2D eigenvalue weighted by Crippen LogP contribution is -2.47. The highest BCUT2D eigenvalue weighted by Crippen LogP contribution is 2.42. The summed E-state index contributed by atoms with van der Waals surface area (Å²) < 4.78 is 26.2. The SMILES string of the molecule is CS(=O)(=O)N(CC1CC1)C1CCC(CN)(c2cccc(Cl)c2)CC1. The summed E-state index contributed by atoms with van der Waals surface area (Å²) in [6.07, 6.45) is 7.21. The monoisotopic (exact) mass is 370 g/mol. The highest BCUT2D eigenvalue weighted by atomic mass is 35.5. The van der Waals surface area contributed by atoms with Crippen LogP contribution < -0.4 is 5.73 Å². The van der Waals surface area contributed by atoms with Crippen LogP contribution in [0.25, 0.3) is 0 Å². The van der Waals surface area contributed by atoms with Gasteiger partial charge in [-0.2, -0.15) is 4.31 Å². The average Bonchev–Trinajstić information content (AvgIpc) is 3.36. The number of hydrogen-bond donors (Lipinski definition) is 1. The van der Waals surface area contributed by atoms with Crippen LogP contribution in [0.5, 0.6) is 0 Å². The number of rotatable bonds is 6. The number of hydrogen-bond acceptors (Lipinski definition) is 3. The quantitative estimate of drug-likeness (QED) is 0.836. The van der Waals surface area contributed by atoms with Gasteiger partial charge in [-0.05, 0) is 62.1 Å². The molecular formula is C18H27ClN2O2S. The van der Waals surface area contributed by atoms with E-state index < -0.39 is 10.0 Å². The van der Waals surface area contributed by atoms with Gasteiger partial charge in [-0.1, -0.05) is 23.7 Å². The van der Waals surface area contributed by atoms with Crippen molar-refractivity contribution < 1.29 is 8.42 Å². The lowest BCUT2D eigenvalue weighted by molar-refractivity contribution is 0.189. The topological polar surface area (TPSA) is 63.4 Å². The largest absolute Gasteiger partial charge is 0.330 e. The fraction of sp³-hybridized carbons (Fsp3) is 0.667. The normalized spacial score (nSPS) is 28.2. The number of nitrogens with zero attached hydrogens (tertiary/aromatic N) is 1. The molecule has 3 rings (SSSR count). The highest BCUT2D eigenvalue weighted by molar-refractivity contribution is 7.88. The molecule has 6 heteroatoms. The number of benzene rings is 1. The van der Waals surface area contributed by atoms with Gasteiger partial charge in [-0.15, -0.1) is 0 Å². The van der Waals surface area contributed by atoms with Gasteiger partial charge in [0.1, 0.15) is 0 Å². The summed E-state index contributed by atoms with van der Waals surface area (Å²) in [4.78, 5) is 0. The Morgan fingerprint density at radius 3 is 2.42 bits per heavy atom. The predicted molar refractivity (Wildman–Crippen MR) is 98.7 cm³/mol. The second kappa shape index (κ2) is 6.94. The zero-order valence-corrected chi connectivity index (χ0v) is 15.8. The van der Waals surface area contributed by atoms with E-state index in [0.717, 1.165) is 43.5 Å². The van der Waals surface area contributed by atoms with Gasteiger partial charge in [0.15, 0.2) is 0 Å². The van der Waals surface area contributed by atoms with E-state index in [1.54, 1.807) is 4.31 Å². The fourth-order valence-electron chi connectivity index (χ4n) is 3.98. The van der Waals surface area contributed by atoms with E-state index in [9.17, 15) is 8.42 Å². The molecule has 2 saturated carbocycles. The minimum absolute atomic E-state index is 0.0792. The maximum Gasteiger partial charge on any atom is 0.211 e. The third kappa shape index (κ3) is 3.96. The van der Waals surface area contributed by atoms with Crippen molar-refractivity contribution >= 4 is 21.6 Å². The zero-order valence-electron chi connectivity index (χ0n) is 14.2. The number of halogens is 1. The standard InChI is InChI=1S/C18H27ClN2O2S/c1-24(22,23)21(12-14-5-6-14)17-7-9-18(13-20,10-8-17)15-3-2-4-16(19)11-15/h2-4,11,14,17H,5-10,12-13,20H2,1H3. The Bertz CT molecular complexity index is 680. The van der Waals surface area contributed by atoms with Crippen LogP contribution in [0.2, 0.25) is 5.02 Å². The molecule has 0 bridgehead atoms. The van der Waals surface area contributed by atoms with Gasteiger partial charge in [0.25, 0.3) is 0 Å². The molecule has 1 aromatic rings. The molecular weight excluding hydrogens is 344 g/mol. The maximum atomic E-state index is 12.2. The summed E-state index contributed by atoms with van der Waals surface area (Å²) in [7, 11) is -3.15. The molecule has 0 radical (unpaired) electrons. The average molecular weight is 371 g/mol. The van der Waals surface area contributed by atoms with Crippen LogP contribution in [0.15, 0.2) is 24.3 Å². The van der Waals surface area contributed by atoms with Crippen LogP contribution in [-0.4, -0.2) is 38.1 Å². The summed E-state index contributed by atoms with van der Waals surface area (Å²) in [5.74, 6) is 0.564.